The number of hydrogen-bond donors (Lipinski definition) is 2. The molecule has 5 nitrogen and oxygen atoms in total. The number of nitrogens with zero attached hydrogens (tertiary/aromatic N) is 2. The van der Waals surface area contributed by atoms with Crippen LogP contribution >= 0.6 is 0 Å². The molecular formula is C16H22N4O. The van der Waals surface area contributed by atoms with E-state index in [1.54, 1.807) is 13.2 Å². The quantitative estimate of drug-likeness (QED) is 0.809. The molecule has 21 heavy (non-hydrogen) atoms. The van der Waals surface area contributed by atoms with Crippen molar-refractivity contribution in [2.45, 2.75) is 31.8 Å². The lowest BCUT2D eigenvalue weighted by molar-refractivity contribution is -0.125. The molecule has 5 heteroatoms. The van der Waals surface area contributed by atoms with Crippen LogP contribution in [0.5, 0.6) is 0 Å². The minimum Gasteiger partial charge on any atom is -0.368 e. The minimum absolute atomic E-state index is 0.366. The van der Waals surface area contributed by atoms with Crippen molar-refractivity contribution in [1.82, 2.24) is 14.9 Å². The van der Waals surface area contributed by atoms with E-state index in [-0.39, 0.29) is 5.91 Å². The number of imidazole rings is 1. The molecule has 1 heterocycles. The molecule has 0 aliphatic rings. The number of primary amides is 1. The zero-order chi connectivity index (χ0) is 15.3. The molecule has 0 saturated carbocycles. The van der Waals surface area contributed by atoms with Gasteiger partial charge in [-0.25, -0.2) is 4.98 Å². The molecule has 0 aliphatic heterocycles. The van der Waals surface area contributed by atoms with Crippen LogP contribution in [0.2, 0.25) is 0 Å². The van der Waals surface area contributed by atoms with Gasteiger partial charge in [0.05, 0.1) is 0 Å². The van der Waals surface area contributed by atoms with E-state index in [2.05, 4.69) is 21.8 Å². The summed E-state index contributed by atoms with van der Waals surface area (Å²) in [5, 5.41) is 3.12. The lowest BCUT2D eigenvalue weighted by Gasteiger charge is -2.31. The summed E-state index contributed by atoms with van der Waals surface area (Å²) in [6, 6.07) is 9.61. The topological polar surface area (TPSA) is 72.9 Å². The Labute approximate surface area is 125 Å². The largest absolute Gasteiger partial charge is 0.368 e. The molecule has 0 fully saturated rings. The Hall–Kier alpha value is -2.14. The Balaban J connectivity index is 2.27. The van der Waals surface area contributed by atoms with Gasteiger partial charge in [-0.2, -0.15) is 0 Å². The van der Waals surface area contributed by atoms with Gasteiger partial charge in [-0.3, -0.25) is 4.79 Å². The summed E-state index contributed by atoms with van der Waals surface area (Å²) < 4.78 is 2.07. The first-order chi connectivity index (χ1) is 10.1. The standard InChI is InChI=1S/C16H22N4O/c1-3-14-19-10-12-20(14)11-9-16(18-2,15(17)21)13-7-5-4-6-8-13/h4-8,10,12,18H,3,9,11H2,1-2H3,(H2,17,21). The van der Waals surface area contributed by atoms with Crippen molar-refractivity contribution in [2.75, 3.05) is 7.05 Å². The van der Waals surface area contributed by atoms with Crippen LogP contribution in [0.3, 0.4) is 0 Å². The smallest absolute Gasteiger partial charge is 0.242 e. The molecule has 0 saturated heterocycles. The van der Waals surface area contributed by atoms with Crippen LogP contribution in [-0.4, -0.2) is 22.5 Å². The molecule has 1 aromatic heterocycles. The van der Waals surface area contributed by atoms with Crippen molar-refractivity contribution >= 4 is 5.91 Å². The molecule has 1 aromatic carbocycles. The van der Waals surface area contributed by atoms with Crippen LogP contribution in [-0.2, 0) is 23.3 Å². The summed E-state index contributed by atoms with van der Waals surface area (Å²) in [5.41, 5.74) is 5.72. The summed E-state index contributed by atoms with van der Waals surface area (Å²) in [6.45, 7) is 2.75. The van der Waals surface area contributed by atoms with Crippen molar-refractivity contribution in [3.05, 3.63) is 54.1 Å². The first kappa shape index (κ1) is 15.3. The van der Waals surface area contributed by atoms with Crippen molar-refractivity contribution in [3.63, 3.8) is 0 Å². The maximum atomic E-state index is 12.1. The van der Waals surface area contributed by atoms with Crippen molar-refractivity contribution in [2.24, 2.45) is 5.73 Å². The predicted molar refractivity (Wildman–Crippen MR) is 82.6 cm³/mol. The number of aromatic nitrogens is 2. The van der Waals surface area contributed by atoms with E-state index in [9.17, 15) is 4.79 Å². The molecular weight excluding hydrogens is 264 g/mol. The molecule has 1 atom stereocenters. The van der Waals surface area contributed by atoms with Gasteiger partial charge in [0.15, 0.2) is 0 Å². The zero-order valence-electron chi connectivity index (χ0n) is 12.5. The average molecular weight is 286 g/mol. The molecule has 0 spiro atoms. The predicted octanol–water partition coefficient (Wildman–Crippen LogP) is 1.44. The summed E-state index contributed by atoms with van der Waals surface area (Å²) >= 11 is 0. The normalized spacial score (nSPS) is 13.8. The first-order valence-electron chi connectivity index (χ1n) is 7.18. The number of nitrogens with one attached hydrogen (secondary N) is 1. The number of carbonyl (C=O) groups is 1. The third-order valence-corrected chi connectivity index (χ3v) is 3.96. The van der Waals surface area contributed by atoms with Crippen molar-refractivity contribution in [1.29, 1.82) is 0 Å². The Morgan fingerprint density at radius 1 is 1.38 bits per heavy atom. The number of amides is 1. The van der Waals surface area contributed by atoms with Gasteiger partial charge in [-0.1, -0.05) is 37.3 Å². The lowest BCUT2D eigenvalue weighted by atomic mass is 9.86. The van der Waals surface area contributed by atoms with Gasteiger partial charge in [0.25, 0.3) is 0 Å². The Morgan fingerprint density at radius 3 is 2.67 bits per heavy atom. The third-order valence-electron chi connectivity index (χ3n) is 3.96. The number of aryl methyl sites for hydroxylation is 2. The highest BCUT2D eigenvalue weighted by Gasteiger charge is 2.36. The second-order valence-corrected chi connectivity index (χ2v) is 5.03. The number of hydrogen-bond acceptors (Lipinski definition) is 3. The second kappa shape index (κ2) is 6.54. The van der Waals surface area contributed by atoms with E-state index in [1.165, 1.54) is 0 Å². The van der Waals surface area contributed by atoms with E-state index < -0.39 is 5.54 Å². The molecule has 0 bridgehead atoms. The SMILES string of the molecule is CCc1nccn1CCC(NC)(C(N)=O)c1ccccc1. The van der Waals surface area contributed by atoms with Gasteiger partial charge >= 0.3 is 0 Å². The van der Waals surface area contributed by atoms with Crippen LogP contribution < -0.4 is 11.1 Å². The van der Waals surface area contributed by atoms with E-state index in [4.69, 9.17) is 5.73 Å². The Morgan fingerprint density at radius 2 is 2.10 bits per heavy atom. The van der Waals surface area contributed by atoms with E-state index in [0.29, 0.717) is 13.0 Å². The third kappa shape index (κ3) is 2.97. The van der Waals surface area contributed by atoms with Gasteiger partial charge < -0.3 is 15.6 Å². The highest BCUT2D eigenvalue weighted by atomic mass is 16.1. The Bertz CT molecular complexity index is 593. The Kier molecular flexibility index (Phi) is 4.75. The zero-order valence-corrected chi connectivity index (χ0v) is 12.5. The van der Waals surface area contributed by atoms with Gasteiger partial charge in [0, 0.05) is 25.4 Å². The molecule has 2 rings (SSSR count). The molecule has 1 amide bonds. The summed E-state index contributed by atoms with van der Waals surface area (Å²) in [5.74, 6) is 0.645. The van der Waals surface area contributed by atoms with Gasteiger partial charge in [0.2, 0.25) is 5.91 Å². The van der Waals surface area contributed by atoms with Crippen LogP contribution in [0.1, 0.15) is 24.7 Å². The van der Waals surface area contributed by atoms with Crippen molar-refractivity contribution in [3.8, 4) is 0 Å². The van der Waals surface area contributed by atoms with Gasteiger partial charge in [0.1, 0.15) is 11.4 Å². The summed E-state index contributed by atoms with van der Waals surface area (Å²) in [4.78, 5) is 16.4. The molecule has 0 radical (unpaired) electrons. The molecule has 0 aliphatic carbocycles. The molecule has 112 valence electrons. The summed E-state index contributed by atoms with van der Waals surface area (Å²) in [6.07, 6.45) is 5.16. The highest BCUT2D eigenvalue weighted by Crippen LogP contribution is 2.25. The number of carbonyl (C=O) groups excluding carboxylic acids is 1. The first-order valence-corrected chi connectivity index (χ1v) is 7.18. The maximum Gasteiger partial charge on any atom is 0.242 e. The van der Waals surface area contributed by atoms with Crippen LogP contribution in [0, 0.1) is 0 Å². The maximum absolute atomic E-state index is 12.1. The lowest BCUT2D eigenvalue weighted by Crippen LogP contribution is -2.51. The van der Waals surface area contributed by atoms with Crippen LogP contribution in [0.15, 0.2) is 42.7 Å². The molecule has 3 N–H and O–H groups in total. The summed E-state index contributed by atoms with van der Waals surface area (Å²) in [7, 11) is 1.77. The van der Waals surface area contributed by atoms with E-state index >= 15 is 0 Å². The fraction of sp³-hybridized carbons (Fsp3) is 0.375. The van der Waals surface area contributed by atoms with Crippen molar-refractivity contribution < 1.29 is 4.79 Å². The second-order valence-electron chi connectivity index (χ2n) is 5.03. The van der Waals surface area contributed by atoms with E-state index in [0.717, 1.165) is 17.8 Å². The minimum atomic E-state index is -0.865. The van der Waals surface area contributed by atoms with E-state index in [1.807, 2.05) is 36.5 Å². The average Bonchev–Trinajstić information content (AvgIpc) is 2.97. The van der Waals surface area contributed by atoms with Gasteiger partial charge in [-0.05, 0) is 19.0 Å². The van der Waals surface area contributed by atoms with Crippen LogP contribution in [0.4, 0.5) is 0 Å². The number of likely N-dealkylation sites (N-methyl/N-ethyl adjacent to an activating group) is 1. The van der Waals surface area contributed by atoms with Gasteiger partial charge in [-0.15, -0.1) is 0 Å². The molecule has 1 unspecified atom stereocenters. The number of rotatable bonds is 7. The monoisotopic (exact) mass is 286 g/mol. The fourth-order valence-corrected chi connectivity index (χ4v) is 2.67. The highest BCUT2D eigenvalue weighted by molar-refractivity contribution is 5.86. The fourth-order valence-electron chi connectivity index (χ4n) is 2.67. The van der Waals surface area contributed by atoms with Crippen LogP contribution in [0.25, 0.3) is 0 Å². The number of benzene rings is 1. The molecule has 2 aromatic rings. The number of nitrogens with two attached hydrogens (primary N) is 1.